The van der Waals surface area contributed by atoms with Gasteiger partial charge in [-0.2, -0.15) is 0 Å². The molecule has 1 saturated carbocycles. The zero-order valence-corrected chi connectivity index (χ0v) is 18.6. The first-order chi connectivity index (χ1) is 15.0. The molecule has 7 heteroatoms. The Morgan fingerprint density at radius 3 is 2.84 bits per heavy atom. The minimum Gasteiger partial charge on any atom is -0.450 e. The molecule has 1 amide bonds. The molecule has 2 N–H and O–H groups in total. The van der Waals surface area contributed by atoms with Crippen molar-refractivity contribution in [3.63, 3.8) is 0 Å². The summed E-state index contributed by atoms with van der Waals surface area (Å²) in [6, 6.07) is 4.28. The second kappa shape index (κ2) is 7.17. The Balaban J connectivity index is 1.41. The molecule has 3 fully saturated rings. The Bertz CT molecular complexity index is 1070. The van der Waals surface area contributed by atoms with Crippen LogP contribution in [-0.2, 0) is 5.54 Å². The van der Waals surface area contributed by atoms with Crippen LogP contribution in [0.5, 0.6) is 0 Å². The van der Waals surface area contributed by atoms with E-state index in [0.29, 0.717) is 16.8 Å². The number of amides is 1. The third-order valence-electron chi connectivity index (χ3n) is 7.70. The molecule has 1 spiro atoms. The highest BCUT2D eigenvalue weighted by Gasteiger charge is 2.42. The first-order valence-corrected chi connectivity index (χ1v) is 12.0. The van der Waals surface area contributed by atoms with Crippen molar-refractivity contribution in [1.82, 2.24) is 15.1 Å². The van der Waals surface area contributed by atoms with Gasteiger partial charge in [-0.25, -0.2) is 0 Å². The number of hydrogen-bond donors (Lipinski definition) is 2. The van der Waals surface area contributed by atoms with Crippen LogP contribution in [0.3, 0.4) is 0 Å². The molecule has 0 radical (unpaired) electrons. The van der Waals surface area contributed by atoms with Crippen LogP contribution in [0.4, 0.5) is 5.69 Å². The zero-order chi connectivity index (χ0) is 21.2. The van der Waals surface area contributed by atoms with E-state index in [1.807, 2.05) is 17.0 Å². The van der Waals surface area contributed by atoms with Crippen molar-refractivity contribution in [3.05, 3.63) is 40.9 Å². The third-order valence-corrected chi connectivity index (χ3v) is 7.99. The lowest BCUT2D eigenvalue weighted by atomic mass is 9.74. The van der Waals surface area contributed by atoms with E-state index >= 15 is 0 Å². The van der Waals surface area contributed by atoms with Crippen molar-refractivity contribution in [3.8, 4) is 0 Å². The van der Waals surface area contributed by atoms with E-state index < -0.39 is 0 Å². The molecular formula is C24H29ClN4O2. The summed E-state index contributed by atoms with van der Waals surface area (Å²) in [5.74, 6) is 1.18. The molecule has 31 heavy (non-hydrogen) atoms. The molecule has 1 aliphatic carbocycles. The smallest absolute Gasteiger partial charge is 0.289 e. The highest BCUT2D eigenvalue weighted by Crippen LogP contribution is 2.49. The number of nitrogens with one attached hydrogen (secondary N) is 2. The second-order valence-electron chi connectivity index (χ2n) is 9.59. The summed E-state index contributed by atoms with van der Waals surface area (Å²) in [6.07, 6.45) is 7.94. The summed E-state index contributed by atoms with van der Waals surface area (Å²) in [7, 11) is 0. The molecule has 0 bridgehead atoms. The fourth-order valence-corrected chi connectivity index (χ4v) is 6.49. The Kier molecular flexibility index (Phi) is 4.51. The average molecular weight is 441 g/mol. The largest absolute Gasteiger partial charge is 0.450 e. The van der Waals surface area contributed by atoms with E-state index in [2.05, 4.69) is 22.1 Å². The fraction of sp³-hybridized carbons (Fsp3) is 0.542. The quantitative estimate of drug-likeness (QED) is 0.675. The zero-order valence-electron chi connectivity index (χ0n) is 17.8. The van der Waals surface area contributed by atoms with Crippen molar-refractivity contribution >= 4 is 34.2 Å². The normalized spacial score (nSPS) is 25.3. The average Bonchev–Trinajstić information content (AvgIpc) is 3.40. The van der Waals surface area contributed by atoms with Gasteiger partial charge in [0.25, 0.3) is 5.91 Å². The standard InChI is InChI=1S/C24H29ClN4O2/c1-15-26-21-18(25)12-16-13-19(23(30)29-11-10-28-9-5-6-17(28)14-29)31-22(16)20(21)24(27-15)7-3-2-4-8-24/h12-13,17,26-27H,1-11,14H2. The number of carbonyl (C=O) groups is 1. The first kappa shape index (κ1) is 19.5. The van der Waals surface area contributed by atoms with E-state index in [9.17, 15) is 4.79 Å². The van der Waals surface area contributed by atoms with Gasteiger partial charge >= 0.3 is 0 Å². The molecule has 1 aromatic carbocycles. The molecular weight excluding hydrogens is 412 g/mol. The summed E-state index contributed by atoms with van der Waals surface area (Å²) in [4.78, 5) is 17.8. The summed E-state index contributed by atoms with van der Waals surface area (Å²) < 4.78 is 6.34. The van der Waals surface area contributed by atoms with Gasteiger partial charge in [0.05, 0.1) is 22.1 Å². The van der Waals surface area contributed by atoms with Gasteiger partial charge in [-0.05, 0) is 44.4 Å². The van der Waals surface area contributed by atoms with Crippen LogP contribution in [0.25, 0.3) is 11.0 Å². The minimum atomic E-state index is -0.243. The van der Waals surface area contributed by atoms with Crippen LogP contribution in [0, 0.1) is 0 Å². The number of hydrogen-bond acceptors (Lipinski definition) is 5. The van der Waals surface area contributed by atoms with Crippen molar-refractivity contribution in [2.24, 2.45) is 0 Å². The lowest BCUT2D eigenvalue weighted by Crippen LogP contribution is -2.52. The van der Waals surface area contributed by atoms with Crippen molar-refractivity contribution in [2.75, 3.05) is 31.5 Å². The van der Waals surface area contributed by atoms with Crippen molar-refractivity contribution in [1.29, 1.82) is 0 Å². The Morgan fingerprint density at radius 1 is 1.16 bits per heavy atom. The molecule has 1 unspecified atom stereocenters. The van der Waals surface area contributed by atoms with Gasteiger partial charge in [0.15, 0.2) is 5.76 Å². The van der Waals surface area contributed by atoms with Gasteiger partial charge in [0, 0.05) is 36.6 Å². The highest BCUT2D eigenvalue weighted by atomic mass is 35.5. The van der Waals surface area contributed by atoms with Crippen LogP contribution >= 0.6 is 11.6 Å². The maximum absolute atomic E-state index is 13.4. The second-order valence-corrected chi connectivity index (χ2v) is 10.00. The van der Waals surface area contributed by atoms with E-state index in [4.69, 9.17) is 16.0 Å². The number of halogens is 1. The van der Waals surface area contributed by atoms with Crippen LogP contribution in [0.1, 0.15) is 61.1 Å². The number of nitrogens with zero attached hydrogens (tertiary/aromatic N) is 2. The molecule has 164 valence electrons. The topological polar surface area (TPSA) is 60.8 Å². The van der Waals surface area contributed by atoms with Crippen LogP contribution in [0.2, 0.25) is 5.02 Å². The number of anilines is 1. The minimum absolute atomic E-state index is 0.00791. The third kappa shape index (κ3) is 3.06. The molecule has 6 nitrogen and oxygen atoms in total. The van der Waals surface area contributed by atoms with Gasteiger partial charge in [0.2, 0.25) is 0 Å². The highest BCUT2D eigenvalue weighted by molar-refractivity contribution is 6.34. The predicted molar refractivity (Wildman–Crippen MR) is 122 cm³/mol. The Morgan fingerprint density at radius 2 is 2.00 bits per heavy atom. The van der Waals surface area contributed by atoms with Crippen molar-refractivity contribution in [2.45, 2.75) is 56.5 Å². The summed E-state index contributed by atoms with van der Waals surface area (Å²) in [5.41, 5.74) is 2.46. The van der Waals surface area contributed by atoms with Gasteiger partial charge in [-0.3, -0.25) is 9.69 Å². The number of rotatable bonds is 1. The fourth-order valence-electron chi connectivity index (χ4n) is 6.23. The molecule has 1 aromatic heterocycles. The molecule has 3 aliphatic heterocycles. The van der Waals surface area contributed by atoms with Crippen LogP contribution < -0.4 is 10.6 Å². The lowest BCUT2D eigenvalue weighted by Gasteiger charge is -2.44. The van der Waals surface area contributed by atoms with Gasteiger partial charge in [-0.15, -0.1) is 0 Å². The van der Waals surface area contributed by atoms with Crippen LogP contribution in [-0.4, -0.2) is 47.9 Å². The maximum Gasteiger partial charge on any atom is 0.289 e. The number of benzene rings is 1. The molecule has 2 saturated heterocycles. The molecule has 4 aliphatic rings. The summed E-state index contributed by atoms with van der Waals surface area (Å²) in [6.45, 7) is 7.80. The molecule has 2 aromatic rings. The number of fused-ring (bicyclic) bond motifs is 5. The SMILES string of the molecule is C=C1Nc2c(Cl)cc3cc(C(=O)N4CCN5CCCC5C4)oc3c2C2(CCCCC2)N1. The van der Waals surface area contributed by atoms with Gasteiger partial charge in [0.1, 0.15) is 5.58 Å². The number of furan rings is 1. The monoisotopic (exact) mass is 440 g/mol. The Hall–Kier alpha value is -2.18. The van der Waals surface area contributed by atoms with Crippen LogP contribution in [0.15, 0.2) is 28.9 Å². The van der Waals surface area contributed by atoms with E-state index in [1.54, 1.807) is 0 Å². The lowest BCUT2D eigenvalue weighted by molar-refractivity contribution is 0.0543. The van der Waals surface area contributed by atoms with Gasteiger partial charge < -0.3 is 20.0 Å². The predicted octanol–water partition coefficient (Wildman–Crippen LogP) is 4.65. The summed E-state index contributed by atoms with van der Waals surface area (Å²) in [5, 5.41) is 8.47. The van der Waals surface area contributed by atoms with E-state index in [-0.39, 0.29) is 11.4 Å². The van der Waals surface area contributed by atoms with E-state index in [0.717, 1.165) is 79.9 Å². The van der Waals surface area contributed by atoms with Gasteiger partial charge in [-0.1, -0.05) is 37.4 Å². The first-order valence-electron chi connectivity index (χ1n) is 11.6. The molecule has 4 heterocycles. The van der Waals surface area contributed by atoms with E-state index in [1.165, 1.54) is 19.3 Å². The molecule has 6 rings (SSSR count). The maximum atomic E-state index is 13.4. The number of carbonyl (C=O) groups excluding carboxylic acids is 1. The molecule has 1 atom stereocenters. The number of piperazine rings is 1. The van der Waals surface area contributed by atoms with Crippen molar-refractivity contribution < 1.29 is 9.21 Å². The summed E-state index contributed by atoms with van der Waals surface area (Å²) >= 11 is 6.71. The Labute approximate surface area is 187 Å².